The summed E-state index contributed by atoms with van der Waals surface area (Å²) in [5, 5.41) is 7.60. The molecular formula is C14H24O4. The molecule has 0 aliphatic carbocycles. The summed E-state index contributed by atoms with van der Waals surface area (Å²) in [5.74, 6) is -0.524. The van der Waals surface area contributed by atoms with Gasteiger partial charge in [-0.05, 0) is 12.3 Å². The fraction of sp³-hybridized carbons (Fsp3) is 0.571. The number of hydrogen-bond acceptors (Lipinski definition) is 3. The minimum atomic E-state index is -0.981. The first kappa shape index (κ1) is 18.8. The maximum Gasteiger partial charge on any atom is 0.330 e. The van der Waals surface area contributed by atoms with Crippen molar-refractivity contribution in [3.8, 4) is 0 Å². The molecule has 1 N–H and O–H groups in total. The quantitative estimate of drug-likeness (QED) is 0.411. The van der Waals surface area contributed by atoms with Crippen molar-refractivity contribution in [2.75, 3.05) is 6.61 Å². The van der Waals surface area contributed by atoms with E-state index in [1.807, 2.05) is 0 Å². The third-order valence-electron chi connectivity index (χ3n) is 2.01. The van der Waals surface area contributed by atoms with Crippen molar-refractivity contribution in [3.63, 3.8) is 0 Å². The minimum Gasteiger partial charge on any atom is -0.478 e. The highest BCUT2D eigenvalue weighted by molar-refractivity contribution is 5.81. The van der Waals surface area contributed by atoms with Gasteiger partial charge in [-0.2, -0.15) is 0 Å². The third kappa shape index (κ3) is 19.9. The first-order valence-electron chi connectivity index (χ1n) is 6.08. The van der Waals surface area contributed by atoms with Crippen LogP contribution in [-0.4, -0.2) is 23.7 Å². The van der Waals surface area contributed by atoms with E-state index in [-0.39, 0.29) is 5.97 Å². The maximum atomic E-state index is 10.6. The Morgan fingerprint density at radius 3 is 2.11 bits per heavy atom. The van der Waals surface area contributed by atoms with Gasteiger partial charge < -0.3 is 9.84 Å². The number of hydrogen-bond donors (Lipinski definition) is 1. The highest BCUT2D eigenvalue weighted by Crippen LogP contribution is 2.07. The van der Waals surface area contributed by atoms with Gasteiger partial charge in [0.25, 0.3) is 0 Å². The van der Waals surface area contributed by atoms with Gasteiger partial charge in [0.1, 0.15) is 0 Å². The zero-order valence-electron chi connectivity index (χ0n) is 11.4. The summed E-state index contributed by atoms with van der Waals surface area (Å²) < 4.78 is 4.84. The van der Waals surface area contributed by atoms with Crippen molar-refractivity contribution in [1.29, 1.82) is 0 Å². The summed E-state index contributed by atoms with van der Waals surface area (Å²) in [6.07, 6.45) is 6.63. The number of ether oxygens (including phenoxy) is 1. The molecule has 0 amide bonds. The number of carboxylic acid groups (broad SMARTS) is 1. The van der Waals surface area contributed by atoms with Gasteiger partial charge in [-0.25, -0.2) is 9.59 Å². The average molecular weight is 256 g/mol. The Kier molecular flexibility index (Phi) is 14.1. The fourth-order valence-electron chi connectivity index (χ4n) is 1.06. The number of aliphatic carboxylic acids is 1. The Morgan fingerprint density at radius 1 is 1.17 bits per heavy atom. The van der Waals surface area contributed by atoms with Gasteiger partial charge in [0.2, 0.25) is 0 Å². The second-order valence-corrected chi connectivity index (χ2v) is 4.16. The van der Waals surface area contributed by atoms with Crippen LogP contribution in [0, 0.1) is 5.92 Å². The first-order valence-corrected chi connectivity index (χ1v) is 6.08. The van der Waals surface area contributed by atoms with Crippen LogP contribution in [0.5, 0.6) is 0 Å². The van der Waals surface area contributed by atoms with Gasteiger partial charge in [-0.3, -0.25) is 0 Å². The summed E-state index contributed by atoms with van der Waals surface area (Å²) >= 11 is 0. The van der Waals surface area contributed by atoms with Crippen LogP contribution in [-0.2, 0) is 14.3 Å². The molecule has 0 spiro atoms. The van der Waals surface area contributed by atoms with Crippen molar-refractivity contribution in [3.05, 3.63) is 25.3 Å². The van der Waals surface area contributed by atoms with E-state index in [4.69, 9.17) is 9.84 Å². The fourth-order valence-corrected chi connectivity index (χ4v) is 1.06. The lowest BCUT2D eigenvalue weighted by Crippen LogP contribution is -2.01. The molecule has 0 radical (unpaired) electrons. The zero-order chi connectivity index (χ0) is 14.4. The molecular weight excluding hydrogens is 232 g/mol. The molecule has 0 aromatic rings. The lowest BCUT2D eigenvalue weighted by atomic mass is 10.1. The number of carboxylic acids is 1. The molecule has 18 heavy (non-hydrogen) atoms. The topological polar surface area (TPSA) is 63.6 Å². The number of carbonyl (C=O) groups excluding carboxylic acids is 1. The molecule has 0 aromatic heterocycles. The van der Waals surface area contributed by atoms with Crippen molar-refractivity contribution in [2.45, 2.75) is 39.5 Å². The maximum absolute atomic E-state index is 10.6. The van der Waals surface area contributed by atoms with Gasteiger partial charge in [0.05, 0.1) is 6.61 Å². The third-order valence-corrected chi connectivity index (χ3v) is 2.01. The number of carbonyl (C=O) groups is 2. The summed E-state index contributed by atoms with van der Waals surface area (Å²) in [5.41, 5.74) is 0. The summed E-state index contributed by atoms with van der Waals surface area (Å²) in [4.78, 5) is 19.9. The van der Waals surface area contributed by atoms with Crippen LogP contribution in [0.15, 0.2) is 25.3 Å². The Balaban J connectivity index is 0. The molecule has 0 fully saturated rings. The standard InChI is InChI=1S/C11H20O2.C3H4O2/c1-4-11(12)13-9-7-5-6-8-10(2)3;1-2-3(4)5/h4,10H,1,5-9H2,2-3H3;2H,1H2,(H,4,5). The zero-order valence-corrected chi connectivity index (χ0v) is 11.4. The smallest absolute Gasteiger partial charge is 0.330 e. The lowest BCUT2D eigenvalue weighted by molar-refractivity contribution is -0.138. The molecule has 0 aromatic carbocycles. The van der Waals surface area contributed by atoms with E-state index in [0.29, 0.717) is 6.61 Å². The van der Waals surface area contributed by atoms with E-state index < -0.39 is 5.97 Å². The van der Waals surface area contributed by atoms with Gasteiger partial charge >= 0.3 is 11.9 Å². The van der Waals surface area contributed by atoms with Crippen LogP contribution in [0.2, 0.25) is 0 Å². The molecule has 4 heteroatoms. The molecule has 0 saturated heterocycles. The van der Waals surface area contributed by atoms with Gasteiger partial charge in [0.15, 0.2) is 0 Å². The molecule has 0 bridgehead atoms. The van der Waals surface area contributed by atoms with E-state index in [9.17, 15) is 9.59 Å². The van der Waals surface area contributed by atoms with E-state index >= 15 is 0 Å². The number of rotatable bonds is 8. The van der Waals surface area contributed by atoms with Crippen molar-refractivity contribution < 1.29 is 19.4 Å². The molecule has 0 saturated carbocycles. The van der Waals surface area contributed by atoms with Gasteiger partial charge in [-0.15, -0.1) is 0 Å². The Labute approximate surface area is 109 Å². The summed E-state index contributed by atoms with van der Waals surface area (Å²) in [6, 6.07) is 0. The SMILES string of the molecule is C=CC(=O)O.C=CC(=O)OCCCCCC(C)C. The summed E-state index contributed by atoms with van der Waals surface area (Å²) in [6.45, 7) is 11.3. The minimum absolute atomic E-state index is 0.316. The van der Waals surface area contributed by atoms with Gasteiger partial charge in [-0.1, -0.05) is 46.3 Å². The average Bonchev–Trinajstić information content (AvgIpc) is 2.33. The predicted octanol–water partition coefficient (Wildman–Crippen LogP) is 3.19. The van der Waals surface area contributed by atoms with E-state index in [0.717, 1.165) is 24.8 Å². The first-order chi connectivity index (χ1) is 8.43. The highest BCUT2D eigenvalue weighted by atomic mass is 16.5. The van der Waals surface area contributed by atoms with Gasteiger partial charge in [0, 0.05) is 12.2 Å². The second kappa shape index (κ2) is 13.5. The molecule has 104 valence electrons. The normalized spacial score (nSPS) is 9.06. The molecule has 4 nitrogen and oxygen atoms in total. The Hall–Kier alpha value is -1.58. The molecule has 0 aliphatic rings. The van der Waals surface area contributed by atoms with E-state index in [1.54, 1.807) is 0 Å². The molecule has 0 aliphatic heterocycles. The predicted molar refractivity (Wildman–Crippen MR) is 72.3 cm³/mol. The largest absolute Gasteiger partial charge is 0.478 e. The monoisotopic (exact) mass is 256 g/mol. The Bertz CT molecular complexity index is 257. The molecule has 0 rings (SSSR count). The van der Waals surface area contributed by atoms with E-state index in [1.165, 1.54) is 18.9 Å². The van der Waals surface area contributed by atoms with E-state index in [2.05, 4.69) is 27.0 Å². The van der Waals surface area contributed by atoms with Crippen molar-refractivity contribution in [1.82, 2.24) is 0 Å². The molecule has 0 unspecified atom stereocenters. The van der Waals surface area contributed by atoms with Crippen LogP contribution >= 0.6 is 0 Å². The van der Waals surface area contributed by atoms with Crippen LogP contribution in [0.4, 0.5) is 0 Å². The van der Waals surface area contributed by atoms with Crippen LogP contribution in [0.3, 0.4) is 0 Å². The van der Waals surface area contributed by atoms with Crippen molar-refractivity contribution >= 4 is 11.9 Å². The van der Waals surface area contributed by atoms with Crippen LogP contribution < -0.4 is 0 Å². The van der Waals surface area contributed by atoms with Crippen molar-refractivity contribution in [2.24, 2.45) is 5.92 Å². The highest BCUT2D eigenvalue weighted by Gasteiger charge is 1.96. The molecule has 0 heterocycles. The Morgan fingerprint density at radius 2 is 1.72 bits per heavy atom. The second-order valence-electron chi connectivity index (χ2n) is 4.16. The summed E-state index contributed by atoms with van der Waals surface area (Å²) in [7, 11) is 0. The van der Waals surface area contributed by atoms with Crippen LogP contribution in [0.25, 0.3) is 0 Å². The number of unbranched alkanes of at least 4 members (excludes halogenated alkanes) is 2. The lowest BCUT2D eigenvalue weighted by Gasteiger charge is -2.04. The number of esters is 1. The van der Waals surface area contributed by atoms with Crippen LogP contribution in [0.1, 0.15) is 39.5 Å². The molecule has 0 atom stereocenters.